The smallest absolute Gasteiger partial charge is 0.201 e. The van der Waals surface area contributed by atoms with Gasteiger partial charge in [0.2, 0.25) is 5.95 Å². The van der Waals surface area contributed by atoms with Crippen LogP contribution >= 0.6 is 15.9 Å². The first-order valence-corrected chi connectivity index (χ1v) is 7.56. The van der Waals surface area contributed by atoms with Gasteiger partial charge in [0, 0.05) is 11.0 Å². The van der Waals surface area contributed by atoms with Crippen molar-refractivity contribution >= 4 is 32.9 Å². The van der Waals surface area contributed by atoms with Crippen LogP contribution in [-0.2, 0) is 11.3 Å². The summed E-state index contributed by atoms with van der Waals surface area (Å²) in [7, 11) is 0. The molecule has 0 spiro atoms. The van der Waals surface area contributed by atoms with Crippen LogP contribution in [0.5, 0.6) is 0 Å². The molecular weight excluding hydrogens is 306 g/mol. The van der Waals surface area contributed by atoms with E-state index < -0.39 is 0 Å². The highest BCUT2D eigenvalue weighted by atomic mass is 79.9. The highest BCUT2D eigenvalue weighted by molar-refractivity contribution is 9.10. The summed E-state index contributed by atoms with van der Waals surface area (Å²) in [5, 5.41) is 0. The summed E-state index contributed by atoms with van der Waals surface area (Å²) in [5.41, 5.74) is 7.97. The number of hydrogen-bond donors (Lipinski definition) is 1. The van der Waals surface area contributed by atoms with E-state index in [9.17, 15) is 0 Å². The minimum absolute atomic E-state index is 0.449. The average Bonchev–Trinajstić information content (AvgIpc) is 2.98. The van der Waals surface area contributed by atoms with Crippen molar-refractivity contribution < 1.29 is 4.74 Å². The predicted molar refractivity (Wildman–Crippen MR) is 80.1 cm³/mol. The average molecular weight is 324 g/mol. The molecule has 4 nitrogen and oxygen atoms in total. The highest BCUT2D eigenvalue weighted by Crippen LogP contribution is 2.23. The number of aromatic nitrogens is 2. The minimum atomic E-state index is 0.449. The number of hydrogen-bond acceptors (Lipinski definition) is 3. The van der Waals surface area contributed by atoms with E-state index in [4.69, 9.17) is 10.5 Å². The Balaban J connectivity index is 1.71. The third kappa shape index (κ3) is 2.77. The van der Waals surface area contributed by atoms with E-state index in [1.165, 1.54) is 25.7 Å². The van der Waals surface area contributed by atoms with Crippen molar-refractivity contribution in [2.45, 2.75) is 38.3 Å². The Kier molecular flexibility index (Phi) is 3.75. The molecule has 0 aliphatic heterocycles. The normalized spacial score (nSPS) is 16.5. The number of nitrogens with two attached hydrogens (primary N) is 1. The molecule has 2 N–H and O–H groups in total. The third-order valence-electron chi connectivity index (χ3n) is 3.71. The lowest BCUT2D eigenvalue weighted by molar-refractivity contribution is 0.0537. The van der Waals surface area contributed by atoms with Crippen molar-refractivity contribution in [2.75, 3.05) is 12.3 Å². The van der Waals surface area contributed by atoms with Gasteiger partial charge in [-0.25, -0.2) is 4.98 Å². The molecule has 1 fully saturated rings. The van der Waals surface area contributed by atoms with E-state index in [1.807, 2.05) is 22.8 Å². The molecule has 3 rings (SSSR count). The van der Waals surface area contributed by atoms with E-state index in [-0.39, 0.29) is 0 Å². The zero-order valence-corrected chi connectivity index (χ0v) is 12.4. The lowest BCUT2D eigenvalue weighted by Gasteiger charge is -2.12. The minimum Gasteiger partial charge on any atom is -0.376 e. The Hall–Kier alpha value is -1.07. The van der Waals surface area contributed by atoms with Crippen molar-refractivity contribution in [2.24, 2.45) is 0 Å². The molecule has 102 valence electrons. The second-order valence-corrected chi connectivity index (χ2v) is 5.95. The van der Waals surface area contributed by atoms with Gasteiger partial charge >= 0.3 is 0 Å². The number of rotatable bonds is 4. The molecule has 0 bridgehead atoms. The fourth-order valence-electron chi connectivity index (χ4n) is 2.72. The van der Waals surface area contributed by atoms with E-state index >= 15 is 0 Å². The first kappa shape index (κ1) is 12.9. The predicted octanol–water partition coefficient (Wildman–Crippen LogP) is 3.34. The summed E-state index contributed by atoms with van der Waals surface area (Å²) < 4.78 is 8.94. The van der Waals surface area contributed by atoms with Gasteiger partial charge in [-0.05, 0) is 31.0 Å². The SMILES string of the molecule is Nc1nc2cc(Br)ccc2n1CCOC1CCCC1. The van der Waals surface area contributed by atoms with Crippen molar-refractivity contribution in [3.8, 4) is 0 Å². The Morgan fingerprint density at radius 1 is 1.37 bits per heavy atom. The van der Waals surface area contributed by atoms with Crippen molar-refractivity contribution in [3.05, 3.63) is 22.7 Å². The number of halogens is 1. The molecule has 5 heteroatoms. The summed E-state index contributed by atoms with van der Waals surface area (Å²) in [5.74, 6) is 0.558. The maximum atomic E-state index is 5.98. The number of ether oxygens (including phenoxy) is 1. The number of imidazole rings is 1. The molecule has 0 radical (unpaired) electrons. The van der Waals surface area contributed by atoms with Gasteiger partial charge in [-0.3, -0.25) is 0 Å². The molecule has 1 aromatic heterocycles. The van der Waals surface area contributed by atoms with Crippen LogP contribution in [0.25, 0.3) is 11.0 Å². The van der Waals surface area contributed by atoms with Gasteiger partial charge in [0.05, 0.1) is 23.7 Å². The lowest BCUT2D eigenvalue weighted by Crippen LogP contribution is -2.14. The number of anilines is 1. The fraction of sp³-hybridized carbons (Fsp3) is 0.500. The van der Waals surface area contributed by atoms with E-state index in [2.05, 4.69) is 20.9 Å². The molecule has 1 aromatic carbocycles. The molecular formula is C14H18BrN3O. The van der Waals surface area contributed by atoms with E-state index in [0.717, 1.165) is 22.1 Å². The van der Waals surface area contributed by atoms with Crippen LogP contribution in [0.3, 0.4) is 0 Å². The van der Waals surface area contributed by atoms with Crippen LogP contribution in [-0.4, -0.2) is 22.3 Å². The Morgan fingerprint density at radius 2 is 2.16 bits per heavy atom. The monoisotopic (exact) mass is 323 g/mol. The van der Waals surface area contributed by atoms with Crippen molar-refractivity contribution in [3.63, 3.8) is 0 Å². The first-order valence-electron chi connectivity index (χ1n) is 6.77. The first-order chi connectivity index (χ1) is 9.24. The zero-order chi connectivity index (χ0) is 13.2. The molecule has 0 saturated heterocycles. The van der Waals surface area contributed by atoms with Crippen LogP contribution in [0.2, 0.25) is 0 Å². The van der Waals surface area contributed by atoms with Crippen LogP contribution < -0.4 is 5.73 Å². The van der Waals surface area contributed by atoms with Crippen LogP contribution in [0.15, 0.2) is 22.7 Å². The number of nitrogens with zero attached hydrogens (tertiary/aromatic N) is 2. The number of benzene rings is 1. The molecule has 1 aliphatic rings. The van der Waals surface area contributed by atoms with Crippen molar-refractivity contribution in [1.29, 1.82) is 0 Å². The Labute approximate surface area is 121 Å². The standard InChI is InChI=1S/C14H18BrN3O/c15-10-5-6-13-12(9-10)17-14(16)18(13)7-8-19-11-3-1-2-4-11/h5-6,9,11H,1-4,7-8H2,(H2,16,17). The molecule has 1 saturated carbocycles. The van der Waals surface area contributed by atoms with Crippen LogP contribution in [0, 0.1) is 0 Å². The molecule has 0 amide bonds. The Morgan fingerprint density at radius 3 is 2.95 bits per heavy atom. The zero-order valence-electron chi connectivity index (χ0n) is 10.8. The number of fused-ring (bicyclic) bond motifs is 1. The summed E-state index contributed by atoms with van der Waals surface area (Å²) >= 11 is 3.45. The van der Waals surface area contributed by atoms with Gasteiger partial charge in [0.15, 0.2) is 0 Å². The third-order valence-corrected chi connectivity index (χ3v) is 4.20. The molecule has 0 unspecified atom stereocenters. The van der Waals surface area contributed by atoms with Crippen LogP contribution in [0.1, 0.15) is 25.7 Å². The second-order valence-electron chi connectivity index (χ2n) is 5.03. The van der Waals surface area contributed by atoms with Gasteiger partial charge in [-0.1, -0.05) is 28.8 Å². The van der Waals surface area contributed by atoms with Crippen molar-refractivity contribution in [1.82, 2.24) is 9.55 Å². The van der Waals surface area contributed by atoms with Gasteiger partial charge in [-0.15, -0.1) is 0 Å². The van der Waals surface area contributed by atoms with Gasteiger partial charge in [0.1, 0.15) is 0 Å². The van der Waals surface area contributed by atoms with Gasteiger partial charge in [-0.2, -0.15) is 0 Å². The van der Waals surface area contributed by atoms with E-state index in [0.29, 0.717) is 18.7 Å². The topological polar surface area (TPSA) is 53.1 Å². The van der Waals surface area contributed by atoms with Gasteiger partial charge < -0.3 is 15.0 Å². The molecule has 0 atom stereocenters. The van der Waals surface area contributed by atoms with E-state index in [1.54, 1.807) is 0 Å². The maximum absolute atomic E-state index is 5.98. The largest absolute Gasteiger partial charge is 0.376 e. The lowest BCUT2D eigenvalue weighted by atomic mass is 10.3. The second kappa shape index (κ2) is 5.51. The summed E-state index contributed by atoms with van der Waals surface area (Å²) in [6.07, 6.45) is 5.45. The summed E-state index contributed by atoms with van der Waals surface area (Å²) in [6, 6.07) is 6.04. The molecule has 2 aromatic rings. The number of nitrogen functional groups attached to an aromatic ring is 1. The summed E-state index contributed by atoms with van der Waals surface area (Å²) in [4.78, 5) is 4.38. The molecule has 1 heterocycles. The fourth-order valence-corrected chi connectivity index (χ4v) is 3.07. The molecule has 19 heavy (non-hydrogen) atoms. The maximum Gasteiger partial charge on any atom is 0.201 e. The summed E-state index contributed by atoms with van der Waals surface area (Å²) in [6.45, 7) is 1.47. The quantitative estimate of drug-likeness (QED) is 0.938. The Bertz CT molecular complexity index is 575. The highest BCUT2D eigenvalue weighted by Gasteiger charge is 2.15. The van der Waals surface area contributed by atoms with Gasteiger partial charge in [0.25, 0.3) is 0 Å². The van der Waals surface area contributed by atoms with Crippen LogP contribution in [0.4, 0.5) is 5.95 Å². The molecule has 1 aliphatic carbocycles.